The van der Waals surface area contributed by atoms with Crippen LogP contribution in [0.3, 0.4) is 0 Å². The third-order valence-electron chi connectivity index (χ3n) is 5.60. The number of fused-ring (bicyclic) bond motifs is 1. The topological polar surface area (TPSA) is 64.6 Å². The van der Waals surface area contributed by atoms with Gasteiger partial charge in [0.2, 0.25) is 0 Å². The molecule has 2 aromatic rings. The third-order valence-corrected chi connectivity index (χ3v) is 6.74. The van der Waals surface area contributed by atoms with Crippen LogP contribution in [0.5, 0.6) is 5.75 Å². The first-order valence-electron chi connectivity index (χ1n) is 9.79. The summed E-state index contributed by atoms with van der Waals surface area (Å²) < 4.78 is 26.0. The summed E-state index contributed by atoms with van der Waals surface area (Å²) in [4.78, 5) is 11.9. The Kier molecular flexibility index (Phi) is 4.81. The molecule has 0 saturated carbocycles. The molecule has 6 heteroatoms. The van der Waals surface area contributed by atoms with E-state index in [1.165, 1.54) is 28.3 Å². The largest absolute Gasteiger partial charge is 0.486 e. The Morgan fingerprint density at radius 2 is 1.97 bits per heavy atom. The van der Waals surface area contributed by atoms with Gasteiger partial charge >= 0.3 is 0 Å². The maximum absolute atomic E-state index is 11.9. The van der Waals surface area contributed by atoms with Crippen LogP contribution in [0.2, 0.25) is 0 Å². The minimum Gasteiger partial charge on any atom is -0.486 e. The Balaban J connectivity index is 1.36. The molecule has 5 nitrogen and oxygen atoms in total. The van der Waals surface area contributed by atoms with E-state index >= 15 is 0 Å². The Morgan fingerprint density at radius 3 is 2.69 bits per heavy atom. The average molecular weight is 407 g/mol. The van der Waals surface area contributed by atoms with E-state index in [0.29, 0.717) is 11.5 Å². The van der Waals surface area contributed by atoms with E-state index in [1.807, 2.05) is 24.3 Å². The molecular weight excluding hydrogens is 386 g/mol. The van der Waals surface area contributed by atoms with Crippen molar-refractivity contribution in [2.45, 2.75) is 25.4 Å². The van der Waals surface area contributed by atoms with Crippen molar-refractivity contribution in [2.75, 3.05) is 13.2 Å². The van der Waals surface area contributed by atoms with Crippen molar-refractivity contribution in [3.05, 3.63) is 76.9 Å². The zero-order valence-electron chi connectivity index (χ0n) is 15.9. The first-order valence-corrected chi connectivity index (χ1v) is 10.9. The maximum atomic E-state index is 11.9. The molecule has 148 valence electrons. The van der Waals surface area contributed by atoms with Crippen LogP contribution in [-0.4, -0.2) is 23.3 Å². The SMILES string of the molecule is O=C1C=C(c2ccc(O[C@@H]3CCc4c(C5=CCOCC5)cccc43)cc2)S(=O)N1. The number of benzene rings is 2. The fourth-order valence-electron chi connectivity index (χ4n) is 4.21. The molecule has 0 radical (unpaired) electrons. The fraction of sp³-hybridized carbons (Fsp3) is 0.261. The Hall–Kier alpha value is -2.70. The first-order chi connectivity index (χ1) is 14.2. The molecule has 2 aliphatic heterocycles. The lowest BCUT2D eigenvalue weighted by Crippen LogP contribution is -2.16. The number of ether oxygens (including phenoxy) is 2. The summed E-state index contributed by atoms with van der Waals surface area (Å²) in [6, 6.07) is 13.9. The van der Waals surface area contributed by atoms with E-state index in [-0.39, 0.29) is 12.0 Å². The van der Waals surface area contributed by atoms with Gasteiger partial charge in [0.15, 0.2) is 11.0 Å². The van der Waals surface area contributed by atoms with Crippen LogP contribution in [0.15, 0.2) is 54.6 Å². The Bertz CT molecular complexity index is 1060. The van der Waals surface area contributed by atoms with Crippen LogP contribution in [0, 0.1) is 0 Å². The summed E-state index contributed by atoms with van der Waals surface area (Å²) in [6.45, 7) is 1.47. The van der Waals surface area contributed by atoms with Crippen molar-refractivity contribution >= 4 is 27.4 Å². The molecule has 3 aliphatic rings. The third kappa shape index (κ3) is 3.54. The molecule has 0 saturated heterocycles. The van der Waals surface area contributed by atoms with Crippen molar-refractivity contribution in [2.24, 2.45) is 0 Å². The van der Waals surface area contributed by atoms with Gasteiger partial charge in [0.1, 0.15) is 11.9 Å². The van der Waals surface area contributed by atoms with Gasteiger partial charge in [-0.2, -0.15) is 0 Å². The van der Waals surface area contributed by atoms with Crippen molar-refractivity contribution in [1.82, 2.24) is 4.72 Å². The van der Waals surface area contributed by atoms with Gasteiger partial charge in [-0.25, -0.2) is 4.21 Å². The number of nitrogens with one attached hydrogen (secondary N) is 1. The molecule has 1 N–H and O–H groups in total. The lowest BCUT2D eigenvalue weighted by Gasteiger charge is -2.18. The van der Waals surface area contributed by atoms with Gasteiger partial charge in [-0.3, -0.25) is 9.52 Å². The summed E-state index contributed by atoms with van der Waals surface area (Å²) in [7, 11) is -1.48. The van der Waals surface area contributed by atoms with Crippen LogP contribution in [0.4, 0.5) is 0 Å². The highest BCUT2D eigenvalue weighted by atomic mass is 32.2. The van der Waals surface area contributed by atoms with Crippen molar-refractivity contribution in [3.8, 4) is 5.75 Å². The zero-order valence-corrected chi connectivity index (χ0v) is 16.7. The number of carbonyl (C=O) groups excluding carboxylic acids is 1. The quantitative estimate of drug-likeness (QED) is 0.840. The second-order valence-corrected chi connectivity index (χ2v) is 8.52. The summed E-state index contributed by atoms with van der Waals surface area (Å²) in [5, 5.41) is 0. The normalized spacial score (nSPS) is 23.2. The maximum Gasteiger partial charge on any atom is 0.257 e. The molecule has 2 heterocycles. The highest BCUT2D eigenvalue weighted by molar-refractivity contribution is 7.93. The van der Waals surface area contributed by atoms with Gasteiger partial charge in [-0.05, 0) is 59.2 Å². The minimum absolute atomic E-state index is 0.0271. The van der Waals surface area contributed by atoms with E-state index in [0.717, 1.165) is 37.2 Å². The standard InChI is InChI=1S/C23H21NO4S/c25-23-14-22(29(26)24-23)16-4-6-17(7-5-16)28-21-9-8-19-18(2-1-3-20(19)21)15-10-12-27-13-11-15/h1-7,10,14,21H,8-9,11-13H2,(H,24,25)/t21-,29?/m1/s1. The Morgan fingerprint density at radius 1 is 1.10 bits per heavy atom. The number of rotatable bonds is 4. The molecule has 5 rings (SSSR count). The van der Waals surface area contributed by atoms with Gasteiger partial charge in [-0.1, -0.05) is 36.4 Å². The lowest BCUT2D eigenvalue weighted by atomic mass is 9.94. The predicted molar refractivity (Wildman–Crippen MR) is 112 cm³/mol. The molecule has 29 heavy (non-hydrogen) atoms. The summed E-state index contributed by atoms with van der Waals surface area (Å²) in [6.07, 6.45) is 6.51. The Labute approximate surface area is 172 Å². The summed E-state index contributed by atoms with van der Waals surface area (Å²) >= 11 is 0. The zero-order chi connectivity index (χ0) is 19.8. The summed E-state index contributed by atoms with van der Waals surface area (Å²) in [5.74, 6) is 0.447. The van der Waals surface area contributed by atoms with Gasteiger partial charge in [0.25, 0.3) is 5.91 Å². The van der Waals surface area contributed by atoms with Crippen molar-refractivity contribution in [1.29, 1.82) is 0 Å². The van der Waals surface area contributed by atoms with Crippen LogP contribution in [0.25, 0.3) is 10.5 Å². The van der Waals surface area contributed by atoms with Gasteiger partial charge in [-0.15, -0.1) is 0 Å². The molecule has 0 bridgehead atoms. The van der Waals surface area contributed by atoms with E-state index in [4.69, 9.17) is 9.47 Å². The number of hydrogen-bond acceptors (Lipinski definition) is 4. The minimum atomic E-state index is -1.48. The van der Waals surface area contributed by atoms with E-state index < -0.39 is 11.0 Å². The van der Waals surface area contributed by atoms with E-state index in [9.17, 15) is 9.00 Å². The second kappa shape index (κ2) is 7.61. The molecule has 1 amide bonds. The second-order valence-electron chi connectivity index (χ2n) is 7.34. The van der Waals surface area contributed by atoms with Crippen molar-refractivity contribution < 1.29 is 18.5 Å². The summed E-state index contributed by atoms with van der Waals surface area (Å²) in [5.41, 5.74) is 6.11. The van der Waals surface area contributed by atoms with Crippen LogP contribution >= 0.6 is 0 Å². The van der Waals surface area contributed by atoms with Crippen LogP contribution < -0.4 is 9.46 Å². The molecule has 1 unspecified atom stereocenters. The van der Waals surface area contributed by atoms with E-state index in [2.05, 4.69) is 29.0 Å². The molecule has 2 atom stereocenters. The van der Waals surface area contributed by atoms with Crippen molar-refractivity contribution in [3.63, 3.8) is 0 Å². The molecular formula is C23H21NO4S. The van der Waals surface area contributed by atoms with Crippen LogP contribution in [-0.2, 0) is 26.9 Å². The van der Waals surface area contributed by atoms with Gasteiger partial charge in [0, 0.05) is 6.08 Å². The highest BCUT2D eigenvalue weighted by Gasteiger charge is 2.27. The van der Waals surface area contributed by atoms with Crippen LogP contribution in [0.1, 0.15) is 41.2 Å². The van der Waals surface area contributed by atoms with Gasteiger partial charge < -0.3 is 9.47 Å². The highest BCUT2D eigenvalue weighted by Crippen LogP contribution is 2.39. The first kappa shape index (κ1) is 18.3. The smallest absolute Gasteiger partial charge is 0.257 e. The number of carbonyl (C=O) groups is 1. The van der Waals surface area contributed by atoms with Gasteiger partial charge in [0.05, 0.1) is 18.1 Å². The monoisotopic (exact) mass is 407 g/mol. The number of hydrogen-bond donors (Lipinski definition) is 1. The molecule has 0 fully saturated rings. The fourth-order valence-corrected chi connectivity index (χ4v) is 5.13. The molecule has 2 aromatic carbocycles. The number of amides is 1. The molecule has 1 aliphatic carbocycles. The van der Waals surface area contributed by atoms with E-state index in [1.54, 1.807) is 0 Å². The predicted octanol–water partition coefficient (Wildman–Crippen LogP) is 3.69. The molecule has 0 spiro atoms. The molecule has 0 aromatic heterocycles. The lowest BCUT2D eigenvalue weighted by molar-refractivity contribution is -0.114. The average Bonchev–Trinajstić information content (AvgIpc) is 3.31.